The molecule has 2 aromatic heterocycles. The minimum absolute atomic E-state index is 0.229. The molecule has 1 aliphatic rings. The summed E-state index contributed by atoms with van der Waals surface area (Å²) in [6, 6.07) is 9.98. The molecular weight excluding hydrogens is 293 g/mol. The third-order valence-corrected chi connectivity index (χ3v) is 3.95. The maximum absolute atomic E-state index is 13.1. The first kappa shape index (κ1) is 13.9. The standard InChI is InChI=1S/C17H16FN5/c18-12-5-3-11(4-6-12)13-7-8-14-15(21-13)16(23-17(19)22-14)20-9-10-1-2-10/h3-8,10H,1-2,9H2,(H3,19,20,22,23). The number of halogens is 1. The fourth-order valence-corrected chi connectivity index (χ4v) is 2.50. The van der Waals surface area contributed by atoms with Gasteiger partial charge in [-0.05, 0) is 55.2 Å². The van der Waals surface area contributed by atoms with Crippen LogP contribution >= 0.6 is 0 Å². The summed E-state index contributed by atoms with van der Waals surface area (Å²) in [6.07, 6.45) is 2.50. The average molecular weight is 309 g/mol. The number of pyridine rings is 1. The number of aromatic nitrogens is 3. The monoisotopic (exact) mass is 309 g/mol. The highest BCUT2D eigenvalue weighted by Gasteiger charge is 2.21. The van der Waals surface area contributed by atoms with Crippen molar-refractivity contribution in [3.05, 3.63) is 42.2 Å². The number of nitrogen functional groups attached to an aromatic ring is 1. The van der Waals surface area contributed by atoms with Crippen LogP contribution < -0.4 is 11.1 Å². The minimum atomic E-state index is -0.266. The normalized spacial score (nSPS) is 14.1. The van der Waals surface area contributed by atoms with Crippen molar-refractivity contribution in [3.8, 4) is 11.3 Å². The van der Waals surface area contributed by atoms with Crippen LogP contribution in [0.1, 0.15) is 12.8 Å². The van der Waals surface area contributed by atoms with E-state index in [1.165, 1.54) is 25.0 Å². The fourth-order valence-electron chi connectivity index (χ4n) is 2.50. The maximum Gasteiger partial charge on any atom is 0.222 e. The second-order valence-electron chi connectivity index (χ2n) is 5.83. The molecule has 2 heterocycles. The van der Waals surface area contributed by atoms with E-state index >= 15 is 0 Å². The van der Waals surface area contributed by atoms with Gasteiger partial charge in [-0.3, -0.25) is 0 Å². The van der Waals surface area contributed by atoms with Crippen molar-refractivity contribution >= 4 is 22.8 Å². The maximum atomic E-state index is 13.1. The second-order valence-corrected chi connectivity index (χ2v) is 5.83. The van der Waals surface area contributed by atoms with E-state index < -0.39 is 0 Å². The molecule has 6 heteroatoms. The molecule has 3 N–H and O–H groups in total. The van der Waals surface area contributed by atoms with Crippen molar-refractivity contribution in [1.82, 2.24) is 15.0 Å². The summed E-state index contributed by atoms with van der Waals surface area (Å²) >= 11 is 0. The van der Waals surface area contributed by atoms with Gasteiger partial charge < -0.3 is 11.1 Å². The molecule has 0 spiro atoms. The van der Waals surface area contributed by atoms with Gasteiger partial charge in [0.2, 0.25) is 5.95 Å². The second kappa shape index (κ2) is 5.46. The number of hydrogen-bond donors (Lipinski definition) is 2. The van der Waals surface area contributed by atoms with Gasteiger partial charge in [0.05, 0.1) is 11.2 Å². The Balaban J connectivity index is 1.77. The molecule has 0 bridgehead atoms. The quantitative estimate of drug-likeness (QED) is 0.773. The largest absolute Gasteiger partial charge is 0.368 e. The molecule has 1 fully saturated rings. The van der Waals surface area contributed by atoms with E-state index in [9.17, 15) is 4.39 Å². The van der Waals surface area contributed by atoms with Gasteiger partial charge in [0.1, 0.15) is 11.3 Å². The number of rotatable bonds is 4. The van der Waals surface area contributed by atoms with Gasteiger partial charge in [-0.2, -0.15) is 4.98 Å². The molecule has 1 aliphatic carbocycles. The van der Waals surface area contributed by atoms with Gasteiger partial charge in [0.25, 0.3) is 0 Å². The summed E-state index contributed by atoms with van der Waals surface area (Å²) in [5, 5.41) is 3.32. The molecule has 23 heavy (non-hydrogen) atoms. The van der Waals surface area contributed by atoms with E-state index in [1.54, 1.807) is 12.1 Å². The Hall–Kier alpha value is -2.76. The van der Waals surface area contributed by atoms with Gasteiger partial charge in [0.15, 0.2) is 5.82 Å². The third-order valence-electron chi connectivity index (χ3n) is 3.95. The Morgan fingerprint density at radius 2 is 1.83 bits per heavy atom. The molecular formula is C17H16FN5. The lowest BCUT2D eigenvalue weighted by molar-refractivity contribution is 0.628. The Morgan fingerprint density at radius 3 is 2.57 bits per heavy atom. The molecule has 0 unspecified atom stereocenters. The Labute approximate surface area is 132 Å². The van der Waals surface area contributed by atoms with Gasteiger partial charge in [0, 0.05) is 12.1 Å². The molecule has 5 nitrogen and oxygen atoms in total. The minimum Gasteiger partial charge on any atom is -0.368 e. The molecule has 0 aliphatic heterocycles. The van der Waals surface area contributed by atoms with Crippen LogP contribution in [0.3, 0.4) is 0 Å². The SMILES string of the molecule is Nc1nc(NCC2CC2)c2nc(-c3ccc(F)cc3)ccc2n1. The molecule has 1 saturated carbocycles. The summed E-state index contributed by atoms with van der Waals surface area (Å²) in [4.78, 5) is 13.2. The third kappa shape index (κ3) is 2.92. The first-order valence-electron chi connectivity index (χ1n) is 7.63. The molecule has 0 radical (unpaired) electrons. The summed E-state index contributed by atoms with van der Waals surface area (Å²) in [5.41, 5.74) is 8.75. The Kier molecular flexibility index (Phi) is 3.29. The molecule has 0 atom stereocenters. The van der Waals surface area contributed by atoms with Crippen molar-refractivity contribution in [2.75, 3.05) is 17.6 Å². The van der Waals surface area contributed by atoms with Crippen molar-refractivity contribution < 1.29 is 4.39 Å². The van der Waals surface area contributed by atoms with E-state index in [4.69, 9.17) is 5.73 Å². The highest BCUT2D eigenvalue weighted by molar-refractivity contribution is 5.88. The predicted octanol–water partition coefficient (Wildman–Crippen LogP) is 3.24. The molecule has 0 saturated heterocycles. The topological polar surface area (TPSA) is 76.7 Å². The van der Waals surface area contributed by atoms with E-state index in [0.717, 1.165) is 17.8 Å². The predicted molar refractivity (Wildman–Crippen MR) is 88.4 cm³/mol. The van der Waals surface area contributed by atoms with Crippen LogP contribution in [0, 0.1) is 11.7 Å². The molecule has 4 rings (SSSR count). The Bertz CT molecular complexity index is 859. The lowest BCUT2D eigenvalue weighted by atomic mass is 10.1. The number of benzene rings is 1. The van der Waals surface area contributed by atoms with E-state index in [-0.39, 0.29) is 11.8 Å². The number of nitrogens with two attached hydrogens (primary N) is 1. The van der Waals surface area contributed by atoms with Crippen molar-refractivity contribution in [2.24, 2.45) is 5.92 Å². The fraction of sp³-hybridized carbons (Fsp3) is 0.235. The number of nitrogens with one attached hydrogen (secondary N) is 1. The van der Waals surface area contributed by atoms with Crippen LogP contribution in [0.2, 0.25) is 0 Å². The lowest BCUT2D eigenvalue weighted by Gasteiger charge is -2.09. The van der Waals surface area contributed by atoms with Crippen LogP contribution in [0.15, 0.2) is 36.4 Å². The van der Waals surface area contributed by atoms with Crippen LogP contribution in [0.5, 0.6) is 0 Å². The van der Waals surface area contributed by atoms with E-state index in [0.29, 0.717) is 22.8 Å². The number of hydrogen-bond acceptors (Lipinski definition) is 5. The van der Waals surface area contributed by atoms with Crippen molar-refractivity contribution in [2.45, 2.75) is 12.8 Å². The van der Waals surface area contributed by atoms with Crippen LogP contribution in [0.4, 0.5) is 16.2 Å². The van der Waals surface area contributed by atoms with E-state index in [2.05, 4.69) is 20.3 Å². The van der Waals surface area contributed by atoms with Crippen LogP contribution in [-0.2, 0) is 0 Å². The first-order valence-corrected chi connectivity index (χ1v) is 7.63. The summed E-state index contributed by atoms with van der Waals surface area (Å²) in [5.74, 6) is 1.33. The number of anilines is 2. The smallest absolute Gasteiger partial charge is 0.222 e. The lowest BCUT2D eigenvalue weighted by Crippen LogP contribution is -2.08. The molecule has 0 amide bonds. The van der Waals surface area contributed by atoms with Crippen molar-refractivity contribution in [3.63, 3.8) is 0 Å². The highest BCUT2D eigenvalue weighted by Crippen LogP contribution is 2.30. The zero-order chi connectivity index (χ0) is 15.8. The summed E-state index contributed by atoms with van der Waals surface area (Å²) in [7, 11) is 0. The van der Waals surface area contributed by atoms with Gasteiger partial charge in [-0.1, -0.05) is 0 Å². The van der Waals surface area contributed by atoms with Crippen LogP contribution in [-0.4, -0.2) is 21.5 Å². The highest BCUT2D eigenvalue weighted by atomic mass is 19.1. The molecule has 116 valence electrons. The zero-order valence-corrected chi connectivity index (χ0v) is 12.5. The summed E-state index contributed by atoms with van der Waals surface area (Å²) < 4.78 is 13.1. The van der Waals surface area contributed by atoms with Gasteiger partial charge in [-0.25, -0.2) is 14.4 Å². The zero-order valence-electron chi connectivity index (χ0n) is 12.5. The van der Waals surface area contributed by atoms with Gasteiger partial charge in [-0.15, -0.1) is 0 Å². The van der Waals surface area contributed by atoms with Crippen LogP contribution in [0.25, 0.3) is 22.3 Å². The van der Waals surface area contributed by atoms with E-state index in [1.807, 2.05) is 12.1 Å². The van der Waals surface area contributed by atoms with Gasteiger partial charge >= 0.3 is 0 Å². The summed E-state index contributed by atoms with van der Waals surface area (Å²) in [6.45, 7) is 0.869. The van der Waals surface area contributed by atoms with Crippen molar-refractivity contribution in [1.29, 1.82) is 0 Å². The first-order chi connectivity index (χ1) is 11.2. The molecule has 1 aromatic carbocycles. The number of nitrogens with zero attached hydrogens (tertiary/aromatic N) is 3. The Morgan fingerprint density at radius 1 is 1.04 bits per heavy atom. The molecule has 3 aromatic rings. The number of fused-ring (bicyclic) bond motifs is 1. The average Bonchev–Trinajstić information content (AvgIpc) is 3.37.